The standard InChI is InChI=1S/C26H31F2N5O4/c1-17(31-25(35)20-5-6-29-22(13-20)26(4,27)28)16-30-19(3)18(2)21-14-23(33-7-10-36-11-8-33)32-24(15-21)37-12-9-34/h5-6,13-16,34H,2,7-12H2,1,3-4H3,(H,31,35)/b17-16+,30-19?. The summed E-state index contributed by atoms with van der Waals surface area (Å²) in [5.41, 5.74) is 1.93. The van der Waals surface area contributed by atoms with Crippen molar-refractivity contribution in [3.05, 3.63) is 65.8 Å². The van der Waals surface area contributed by atoms with Gasteiger partial charge in [-0.25, -0.2) is 0 Å². The minimum atomic E-state index is -3.15. The highest BCUT2D eigenvalue weighted by atomic mass is 19.3. The fourth-order valence-electron chi connectivity index (χ4n) is 3.42. The third-order valence-corrected chi connectivity index (χ3v) is 5.48. The van der Waals surface area contributed by atoms with Crippen LogP contribution in [0.15, 0.2) is 53.9 Å². The van der Waals surface area contributed by atoms with Gasteiger partial charge in [0.05, 0.1) is 19.8 Å². The molecule has 0 unspecified atom stereocenters. The van der Waals surface area contributed by atoms with Crippen LogP contribution in [0.5, 0.6) is 5.88 Å². The molecule has 1 aliphatic rings. The van der Waals surface area contributed by atoms with Gasteiger partial charge in [0.2, 0.25) is 5.88 Å². The Morgan fingerprint density at radius 2 is 2.03 bits per heavy atom. The van der Waals surface area contributed by atoms with Gasteiger partial charge >= 0.3 is 0 Å². The highest BCUT2D eigenvalue weighted by Gasteiger charge is 2.27. The first-order valence-corrected chi connectivity index (χ1v) is 11.7. The molecule has 3 rings (SSSR count). The summed E-state index contributed by atoms with van der Waals surface area (Å²) in [6.45, 7) is 10.8. The second kappa shape index (κ2) is 12.5. The highest BCUT2D eigenvalue weighted by molar-refractivity contribution is 6.22. The van der Waals surface area contributed by atoms with Crippen molar-refractivity contribution in [1.29, 1.82) is 0 Å². The lowest BCUT2D eigenvalue weighted by Crippen LogP contribution is -2.36. The molecule has 2 N–H and O–H groups in total. The van der Waals surface area contributed by atoms with Gasteiger partial charge in [-0.2, -0.15) is 13.8 Å². The van der Waals surface area contributed by atoms with Gasteiger partial charge in [-0.3, -0.25) is 14.8 Å². The average molecular weight is 516 g/mol. The van der Waals surface area contributed by atoms with E-state index in [0.29, 0.717) is 55.0 Å². The average Bonchev–Trinajstić information content (AvgIpc) is 2.90. The molecule has 0 aliphatic carbocycles. The molecule has 0 aromatic carbocycles. The first-order chi connectivity index (χ1) is 17.6. The number of nitrogens with zero attached hydrogens (tertiary/aromatic N) is 4. The summed E-state index contributed by atoms with van der Waals surface area (Å²) in [7, 11) is 0. The van der Waals surface area contributed by atoms with Crippen molar-refractivity contribution < 1.29 is 28.2 Å². The molecule has 11 heteroatoms. The monoisotopic (exact) mass is 515 g/mol. The number of hydrogen-bond acceptors (Lipinski definition) is 8. The molecule has 2 aromatic rings. The molecule has 3 heterocycles. The van der Waals surface area contributed by atoms with E-state index < -0.39 is 17.5 Å². The number of aliphatic imine (C=N–C) groups is 1. The Labute approximate surface area is 214 Å². The quantitative estimate of drug-likeness (QED) is 0.466. The maximum atomic E-state index is 13.5. The minimum Gasteiger partial charge on any atom is -0.475 e. The third kappa shape index (κ3) is 7.89. The van der Waals surface area contributed by atoms with Crippen molar-refractivity contribution in [2.24, 2.45) is 4.99 Å². The number of anilines is 1. The van der Waals surface area contributed by atoms with Crippen LogP contribution in [-0.2, 0) is 10.7 Å². The molecule has 0 atom stereocenters. The Morgan fingerprint density at radius 1 is 1.30 bits per heavy atom. The number of halogens is 2. The second-order valence-corrected chi connectivity index (χ2v) is 8.50. The van der Waals surface area contributed by atoms with Crippen LogP contribution in [0.25, 0.3) is 5.57 Å². The van der Waals surface area contributed by atoms with Crippen LogP contribution < -0.4 is 15.0 Å². The van der Waals surface area contributed by atoms with Crippen LogP contribution in [0.4, 0.5) is 14.6 Å². The number of hydrogen-bond donors (Lipinski definition) is 2. The van der Waals surface area contributed by atoms with E-state index in [1.807, 2.05) is 6.07 Å². The van der Waals surface area contributed by atoms with Gasteiger partial charge in [0.15, 0.2) is 0 Å². The number of aliphatic hydroxyl groups excluding tert-OH is 1. The molecular weight excluding hydrogens is 484 g/mol. The van der Waals surface area contributed by atoms with E-state index in [0.717, 1.165) is 18.6 Å². The summed E-state index contributed by atoms with van der Waals surface area (Å²) in [4.78, 5) is 27.2. The number of aliphatic hydroxyl groups is 1. The number of pyridine rings is 2. The zero-order valence-electron chi connectivity index (χ0n) is 21.1. The predicted octanol–water partition coefficient (Wildman–Crippen LogP) is 3.56. The summed E-state index contributed by atoms with van der Waals surface area (Å²) in [6.07, 6.45) is 2.63. The number of ether oxygens (including phenoxy) is 2. The number of morpholine rings is 1. The van der Waals surface area contributed by atoms with Gasteiger partial charge in [-0.15, -0.1) is 0 Å². The van der Waals surface area contributed by atoms with Gasteiger partial charge < -0.3 is 24.8 Å². The molecule has 1 fully saturated rings. The van der Waals surface area contributed by atoms with E-state index in [-0.39, 0.29) is 18.8 Å². The molecule has 198 valence electrons. The fraction of sp³-hybridized carbons (Fsp3) is 0.385. The van der Waals surface area contributed by atoms with Crippen LogP contribution in [0.3, 0.4) is 0 Å². The first-order valence-electron chi connectivity index (χ1n) is 11.7. The van der Waals surface area contributed by atoms with Crippen LogP contribution in [0, 0.1) is 0 Å². The number of nitrogens with one attached hydrogen (secondary N) is 1. The first kappa shape index (κ1) is 27.9. The largest absolute Gasteiger partial charge is 0.475 e. The van der Waals surface area contributed by atoms with Crippen molar-refractivity contribution in [1.82, 2.24) is 15.3 Å². The zero-order chi connectivity index (χ0) is 27.0. The van der Waals surface area contributed by atoms with E-state index >= 15 is 0 Å². The van der Waals surface area contributed by atoms with E-state index in [1.54, 1.807) is 19.9 Å². The van der Waals surface area contributed by atoms with Crippen LogP contribution in [-0.4, -0.2) is 66.2 Å². The van der Waals surface area contributed by atoms with Crippen LogP contribution in [0.1, 0.15) is 42.4 Å². The summed E-state index contributed by atoms with van der Waals surface area (Å²) in [6, 6.07) is 6.04. The molecule has 0 radical (unpaired) electrons. The van der Waals surface area contributed by atoms with Crippen LogP contribution in [0.2, 0.25) is 0 Å². The van der Waals surface area contributed by atoms with Crippen molar-refractivity contribution in [2.75, 3.05) is 44.4 Å². The third-order valence-electron chi connectivity index (χ3n) is 5.48. The number of carbonyl (C=O) groups excluding carboxylic acids is 1. The summed E-state index contributed by atoms with van der Waals surface area (Å²) in [5, 5.41) is 11.8. The SMILES string of the molecule is C=C(C(C)=N/C=C(\C)NC(=O)c1ccnc(C(C)(F)F)c1)c1cc(OCCO)nc(N2CCOCC2)c1. The Kier molecular flexibility index (Phi) is 9.42. The van der Waals surface area contributed by atoms with E-state index in [4.69, 9.17) is 14.6 Å². The maximum Gasteiger partial charge on any atom is 0.286 e. The van der Waals surface area contributed by atoms with Crippen molar-refractivity contribution in [3.8, 4) is 5.88 Å². The number of alkyl halides is 2. The van der Waals surface area contributed by atoms with Crippen molar-refractivity contribution in [3.63, 3.8) is 0 Å². The maximum absolute atomic E-state index is 13.5. The Hall–Kier alpha value is -3.70. The number of carbonyl (C=O) groups is 1. The lowest BCUT2D eigenvalue weighted by molar-refractivity contribution is 0.0127. The second-order valence-electron chi connectivity index (χ2n) is 8.50. The van der Waals surface area contributed by atoms with E-state index in [2.05, 4.69) is 31.8 Å². The summed E-state index contributed by atoms with van der Waals surface area (Å²) < 4.78 is 38.1. The van der Waals surface area contributed by atoms with Gasteiger partial charge in [0.25, 0.3) is 11.8 Å². The lowest BCUT2D eigenvalue weighted by atomic mass is 10.0. The van der Waals surface area contributed by atoms with Crippen molar-refractivity contribution in [2.45, 2.75) is 26.7 Å². The smallest absolute Gasteiger partial charge is 0.286 e. The number of amides is 1. The number of aromatic nitrogens is 2. The molecule has 0 bridgehead atoms. The fourth-order valence-corrected chi connectivity index (χ4v) is 3.42. The van der Waals surface area contributed by atoms with Gasteiger partial charge in [0, 0.05) is 55.4 Å². The topological polar surface area (TPSA) is 109 Å². The van der Waals surface area contributed by atoms with Gasteiger partial charge in [-0.05, 0) is 43.2 Å². The van der Waals surface area contributed by atoms with Gasteiger partial charge in [-0.1, -0.05) is 6.58 Å². The molecule has 1 saturated heterocycles. The predicted molar refractivity (Wildman–Crippen MR) is 137 cm³/mol. The molecule has 9 nitrogen and oxygen atoms in total. The van der Waals surface area contributed by atoms with Gasteiger partial charge in [0.1, 0.15) is 18.1 Å². The highest BCUT2D eigenvalue weighted by Crippen LogP contribution is 2.26. The lowest BCUT2D eigenvalue weighted by Gasteiger charge is -2.28. The summed E-state index contributed by atoms with van der Waals surface area (Å²) >= 11 is 0. The number of allylic oxidation sites excluding steroid dienone is 2. The molecular formula is C26H31F2N5O4. The Bertz CT molecular complexity index is 1190. The molecule has 0 saturated carbocycles. The normalized spacial score (nSPS) is 14.9. The molecule has 37 heavy (non-hydrogen) atoms. The summed E-state index contributed by atoms with van der Waals surface area (Å²) in [5.74, 6) is -2.64. The molecule has 2 aromatic heterocycles. The molecule has 1 aliphatic heterocycles. The van der Waals surface area contributed by atoms with Crippen LogP contribution >= 0.6 is 0 Å². The van der Waals surface area contributed by atoms with E-state index in [9.17, 15) is 13.6 Å². The number of rotatable bonds is 10. The zero-order valence-corrected chi connectivity index (χ0v) is 21.1. The van der Waals surface area contributed by atoms with E-state index in [1.165, 1.54) is 18.5 Å². The molecule has 0 spiro atoms. The molecule has 1 amide bonds. The Morgan fingerprint density at radius 3 is 2.70 bits per heavy atom. The van der Waals surface area contributed by atoms with Crippen molar-refractivity contribution >= 4 is 23.0 Å². The minimum absolute atomic E-state index is 0.0622. The Balaban J connectivity index is 1.76.